The fourth-order valence-corrected chi connectivity index (χ4v) is 8.34. The van der Waals surface area contributed by atoms with E-state index in [0.29, 0.717) is 5.82 Å². The van der Waals surface area contributed by atoms with E-state index in [-0.39, 0.29) is 0 Å². The van der Waals surface area contributed by atoms with Gasteiger partial charge in [0.15, 0.2) is 5.82 Å². The predicted molar refractivity (Wildman–Crippen MR) is 232 cm³/mol. The maximum Gasteiger partial charge on any atom is 0.160 e. The average Bonchev–Trinajstić information content (AvgIpc) is 3.87. The maximum atomic E-state index is 5.10. The van der Waals surface area contributed by atoms with Gasteiger partial charge in [-0.15, -0.1) is 0 Å². The monoisotopic (exact) mass is 714 g/mol. The Kier molecular flexibility index (Phi) is 7.46. The molecule has 4 nitrogen and oxygen atoms in total. The Morgan fingerprint density at radius 2 is 0.911 bits per heavy atom. The van der Waals surface area contributed by atoms with E-state index in [4.69, 9.17) is 9.97 Å². The first-order valence-corrected chi connectivity index (χ1v) is 19.0. The lowest BCUT2D eigenvalue weighted by atomic mass is 10.00. The number of fused-ring (bicyclic) bond motifs is 7. The second kappa shape index (κ2) is 13.1. The minimum absolute atomic E-state index is 0.711. The minimum Gasteiger partial charge on any atom is -0.317 e. The molecule has 0 spiro atoms. The Balaban J connectivity index is 1.04. The summed E-state index contributed by atoms with van der Waals surface area (Å²) in [5.74, 6) is 0.711. The van der Waals surface area contributed by atoms with Crippen LogP contribution in [0.5, 0.6) is 0 Å². The summed E-state index contributed by atoms with van der Waals surface area (Å²) in [5, 5.41) is 6.28. The van der Waals surface area contributed by atoms with E-state index in [1.165, 1.54) is 43.5 Å². The van der Waals surface area contributed by atoms with Crippen LogP contribution < -0.4 is 0 Å². The van der Waals surface area contributed by atoms with Gasteiger partial charge in [0, 0.05) is 50.4 Å². The summed E-state index contributed by atoms with van der Waals surface area (Å²) in [6.07, 6.45) is 2.18. The Morgan fingerprint density at radius 1 is 0.321 bits per heavy atom. The van der Waals surface area contributed by atoms with Gasteiger partial charge >= 0.3 is 0 Å². The van der Waals surface area contributed by atoms with Crippen LogP contribution in [0, 0.1) is 0 Å². The molecular weight excluding hydrogens is 681 g/mol. The molecule has 0 aliphatic rings. The lowest BCUT2D eigenvalue weighted by molar-refractivity contribution is 1.13. The number of para-hydroxylation sites is 2. The van der Waals surface area contributed by atoms with Crippen molar-refractivity contribution in [2.75, 3.05) is 0 Å². The fourth-order valence-electron chi connectivity index (χ4n) is 8.34. The van der Waals surface area contributed by atoms with Crippen molar-refractivity contribution in [1.29, 1.82) is 0 Å². The van der Waals surface area contributed by atoms with Crippen molar-refractivity contribution >= 4 is 43.5 Å². The van der Waals surface area contributed by atoms with Gasteiger partial charge in [-0.1, -0.05) is 140 Å². The molecule has 262 valence electrons. The molecule has 0 saturated carbocycles. The van der Waals surface area contributed by atoms with Crippen molar-refractivity contribution in [2.24, 2.45) is 0 Å². The van der Waals surface area contributed by atoms with Gasteiger partial charge in [0.25, 0.3) is 0 Å². The van der Waals surface area contributed by atoms with E-state index in [1.807, 2.05) is 24.3 Å². The molecule has 8 aromatic carbocycles. The summed E-state index contributed by atoms with van der Waals surface area (Å²) >= 11 is 0. The summed E-state index contributed by atoms with van der Waals surface area (Å²) in [5.41, 5.74) is 13.0. The zero-order valence-electron chi connectivity index (χ0n) is 30.4. The molecule has 4 heteroatoms. The van der Waals surface area contributed by atoms with Crippen LogP contribution in [0.25, 0.3) is 99.9 Å². The molecule has 0 saturated heterocycles. The summed E-state index contributed by atoms with van der Waals surface area (Å²) in [6.45, 7) is 0. The summed E-state index contributed by atoms with van der Waals surface area (Å²) in [7, 11) is 0. The summed E-state index contributed by atoms with van der Waals surface area (Å²) in [4.78, 5) is 10.1. The highest BCUT2D eigenvalue weighted by molar-refractivity contribution is 6.25. The van der Waals surface area contributed by atoms with E-state index >= 15 is 0 Å². The third kappa shape index (κ3) is 5.31. The van der Waals surface area contributed by atoms with E-state index < -0.39 is 0 Å². The smallest absolute Gasteiger partial charge is 0.160 e. The summed E-state index contributed by atoms with van der Waals surface area (Å²) in [6, 6.07) is 71.0. The van der Waals surface area contributed by atoms with Gasteiger partial charge in [0.2, 0.25) is 0 Å². The molecule has 3 aromatic heterocycles. The second-order valence-electron chi connectivity index (χ2n) is 14.3. The first kappa shape index (κ1) is 31.9. The van der Waals surface area contributed by atoms with Crippen LogP contribution in [0.3, 0.4) is 0 Å². The Morgan fingerprint density at radius 3 is 1.71 bits per heavy atom. The Labute approximate surface area is 324 Å². The quantitative estimate of drug-likeness (QED) is 0.172. The molecule has 0 aliphatic heterocycles. The third-order valence-corrected chi connectivity index (χ3v) is 11.0. The number of nitrogens with zero attached hydrogens (tertiary/aromatic N) is 4. The second-order valence-corrected chi connectivity index (χ2v) is 14.3. The summed E-state index contributed by atoms with van der Waals surface area (Å²) < 4.78 is 4.69. The number of rotatable bonds is 6. The molecule has 0 unspecified atom stereocenters. The van der Waals surface area contributed by atoms with Crippen molar-refractivity contribution in [3.63, 3.8) is 0 Å². The van der Waals surface area contributed by atoms with Gasteiger partial charge in [0.05, 0.1) is 27.9 Å². The molecular formula is C52H34N4. The Bertz CT molecular complexity index is 3170. The van der Waals surface area contributed by atoms with E-state index in [2.05, 4.69) is 191 Å². The highest BCUT2D eigenvalue weighted by Crippen LogP contribution is 2.40. The minimum atomic E-state index is 0.711. The van der Waals surface area contributed by atoms with Crippen LogP contribution in [-0.2, 0) is 0 Å². The van der Waals surface area contributed by atoms with Crippen LogP contribution in [0.15, 0.2) is 206 Å². The molecule has 56 heavy (non-hydrogen) atoms. The largest absolute Gasteiger partial charge is 0.317 e. The third-order valence-electron chi connectivity index (χ3n) is 11.0. The van der Waals surface area contributed by atoms with Gasteiger partial charge in [-0.3, -0.25) is 0 Å². The molecule has 0 N–H and O–H groups in total. The van der Waals surface area contributed by atoms with E-state index in [9.17, 15) is 0 Å². The van der Waals surface area contributed by atoms with Crippen molar-refractivity contribution in [3.05, 3.63) is 206 Å². The molecule has 0 amide bonds. The molecule has 3 heterocycles. The zero-order valence-corrected chi connectivity index (χ0v) is 30.4. The first-order valence-electron chi connectivity index (χ1n) is 19.0. The van der Waals surface area contributed by atoms with Gasteiger partial charge in [-0.2, -0.15) is 0 Å². The van der Waals surface area contributed by atoms with Crippen molar-refractivity contribution in [3.8, 4) is 56.4 Å². The lowest BCUT2D eigenvalue weighted by Gasteiger charge is -2.12. The van der Waals surface area contributed by atoms with Crippen LogP contribution in [-0.4, -0.2) is 19.1 Å². The standard InChI is InChI=1S/C52H34N4/c1-4-14-35(15-5-1)46-34-47(54-52(53-46)36-16-6-2-7-17-36)39-20-12-18-37(32-39)38-19-13-23-41(33-38)56-49-25-11-10-24-45(49)51-44-27-28-48-43(42(44)26-29-50(51)56)30-31-55(48)40-21-8-3-9-22-40/h1-34H. The molecule has 11 rings (SSSR count). The number of hydrogen-bond donors (Lipinski definition) is 0. The molecule has 0 atom stereocenters. The van der Waals surface area contributed by atoms with Gasteiger partial charge in [0.1, 0.15) is 0 Å². The van der Waals surface area contributed by atoms with E-state index in [1.54, 1.807) is 0 Å². The maximum absolute atomic E-state index is 5.10. The predicted octanol–water partition coefficient (Wildman–Crippen LogP) is 13.3. The van der Waals surface area contributed by atoms with E-state index in [0.717, 1.165) is 50.6 Å². The van der Waals surface area contributed by atoms with Crippen LogP contribution in [0.2, 0.25) is 0 Å². The lowest BCUT2D eigenvalue weighted by Crippen LogP contribution is -1.96. The highest BCUT2D eigenvalue weighted by Gasteiger charge is 2.18. The van der Waals surface area contributed by atoms with Crippen LogP contribution in [0.4, 0.5) is 0 Å². The SMILES string of the molecule is c1ccc(-c2cc(-c3cccc(-c4cccc(-n5c6ccccc6c6c7ccc8c(ccn8-c8ccccc8)c7ccc65)c4)c3)nc(-c3ccccc3)n2)cc1. The van der Waals surface area contributed by atoms with Crippen LogP contribution in [0.1, 0.15) is 0 Å². The normalized spacial score (nSPS) is 11.6. The highest BCUT2D eigenvalue weighted by atomic mass is 15.0. The van der Waals surface area contributed by atoms with Gasteiger partial charge in [-0.05, 0) is 82.6 Å². The average molecular weight is 715 g/mol. The molecule has 0 aliphatic carbocycles. The van der Waals surface area contributed by atoms with Crippen molar-refractivity contribution in [2.45, 2.75) is 0 Å². The van der Waals surface area contributed by atoms with Gasteiger partial charge in [-0.25, -0.2) is 9.97 Å². The number of benzene rings is 8. The molecule has 0 radical (unpaired) electrons. The Hall–Kier alpha value is -7.56. The van der Waals surface area contributed by atoms with Crippen LogP contribution >= 0.6 is 0 Å². The van der Waals surface area contributed by atoms with Gasteiger partial charge < -0.3 is 9.13 Å². The number of aromatic nitrogens is 4. The molecule has 0 fully saturated rings. The molecule has 11 aromatic rings. The first-order chi connectivity index (χ1) is 27.8. The fraction of sp³-hybridized carbons (Fsp3) is 0. The van der Waals surface area contributed by atoms with Crippen molar-refractivity contribution in [1.82, 2.24) is 19.1 Å². The molecule has 0 bridgehead atoms. The topological polar surface area (TPSA) is 35.6 Å². The zero-order chi connectivity index (χ0) is 37.0. The number of hydrogen-bond acceptors (Lipinski definition) is 2. The van der Waals surface area contributed by atoms with Crippen molar-refractivity contribution < 1.29 is 0 Å².